The fraction of sp³-hybridized carbons (Fsp3) is 0.600. The third-order valence-corrected chi connectivity index (χ3v) is 3.87. The van der Waals surface area contributed by atoms with E-state index >= 15 is 0 Å². The van der Waals surface area contributed by atoms with Crippen molar-refractivity contribution in [3.63, 3.8) is 0 Å². The summed E-state index contributed by atoms with van der Waals surface area (Å²) in [7, 11) is 3.75. The predicted octanol–water partition coefficient (Wildman–Crippen LogP) is 1.92. The zero-order valence-corrected chi connectivity index (χ0v) is 12.0. The van der Waals surface area contributed by atoms with Crippen LogP contribution in [0.1, 0.15) is 31.4 Å². The molecule has 0 saturated heterocycles. The fourth-order valence-electron chi connectivity index (χ4n) is 2.84. The van der Waals surface area contributed by atoms with Crippen LogP contribution in [0, 0.1) is 5.92 Å². The minimum atomic E-state index is -0.100. The molecule has 0 heterocycles. The van der Waals surface area contributed by atoms with Crippen LogP contribution in [0.2, 0.25) is 0 Å². The van der Waals surface area contributed by atoms with E-state index in [0.29, 0.717) is 5.92 Å². The Bertz CT molecular complexity index is 428. The van der Waals surface area contributed by atoms with Crippen molar-refractivity contribution >= 4 is 5.69 Å². The first-order valence-electron chi connectivity index (χ1n) is 6.84. The summed E-state index contributed by atoms with van der Waals surface area (Å²) in [4.78, 5) is 2.22. The van der Waals surface area contributed by atoms with Crippen LogP contribution in [0.15, 0.2) is 18.2 Å². The standard InChI is InChI=1S/C15H24N2O2/c1-10(16)15-13(5-4-6-14(15)19-3)17(2)9-11-7-12(18)8-11/h4-6,10-12,18H,7-9,16H2,1-3H3/t10-,11?,12?/m1/s1. The lowest BCUT2D eigenvalue weighted by atomic mass is 9.82. The van der Waals surface area contributed by atoms with Gasteiger partial charge in [0, 0.05) is 30.9 Å². The molecule has 106 valence electrons. The van der Waals surface area contributed by atoms with E-state index in [1.54, 1.807) is 7.11 Å². The molecule has 0 aliphatic heterocycles. The molecule has 4 nitrogen and oxygen atoms in total. The van der Waals surface area contributed by atoms with Gasteiger partial charge in [0.05, 0.1) is 13.2 Å². The van der Waals surface area contributed by atoms with Crippen LogP contribution >= 0.6 is 0 Å². The first kappa shape index (κ1) is 14.2. The number of hydrogen-bond acceptors (Lipinski definition) is 4. The van der Waals surface area contributed by atoms with Gasteiger partial charge in [-0.2, -0.15) is 0 Å². The van der Waals surface area contributed by atoms with Crippen LogP contribution < -0.4 is 15.4 Å². The summed E-state index contributed by atoms with van der Waals surface area (Å²) < 4.78 is 5.41. The predicted molar refractivity (Wildman–Crippen MR) is 77.6 cm³/mol. The Balaban J connectivity index is 2.18. The average molecular weight is 264 g/mol. The number of rotatable bonds is 5. The Hall–Kier alpha value is -1.26. The Labute approximate surface area is 115 Å². The lowest BCUT2D eigenvalue weighted by Gasteiger charge is -2.36. The van der Waals surface area contributed by atoms with Crippen LogP contribution in [0.4, 0.5) is 5.69 Å². The molecule has 1 aromatic carbocycles. The molecule has 0 spiro atoms. The van der Waals surface area contributed by atoms with E-state index in [9.17, 15) is 5.11 Å². The second-order valence-electron chi connectivity index (χ2n) is 5.55. The van der Waals surface area contributed by atoms with Gasteiger partial charge in [-0.25, -0.2) is 0 Å². The zero-order chi connectivity index (χ0) is 14.0. The van der Waals surface area contributed by atoms with Crippen molar-refractivity contribution in [3.8, 4) is 5.75 Å². The molecule has 1 saturated carbocycles. The van der Waals surface area contributed by atoms with Gasteiger partial charge in [-0.3, -0.25) is 0 Å². The fourth-order valence-corrected chi connectivity index (χ4v) is 2.84. The highest BCUT2D eigenvalue weighted by atomic mass is 16.5. The molecule has 4 heteroatoms. The Morgan fingerprint density at radius 2 is 2.16 bits per heavy atom. The number of ether oxygens (including phenoxy) is 1. The van der Waals surface area contributed by atoms with Gasteiger partial charge in [-0.05, 0) is 37.8 Å². The number of aliphatic hydroxyl groups is 1. The van der Waals surface area contributed by atoms with Crippen molar-refractivity contribution in [2.24, 2.45) is 11.7 Å². The summed E-state index contributed by atoms with van der Waals surface area (Å²) in [6.45, 7) is 2.92. The highest BCUT2D eigenvalue weighted by Gasteiger charge is 2.28. The Morgan fingerprint density at radius 3 is 2.68 bits per heavy atom. The number of nitrogens with two attached hydrogens (primary N) is 1. The second kappa shape index (κ2) is 5.80. The van der Waals surface area contributed by atoms with Gasteiger partial charge >= 0.3 is 0 Å². The van der Waals surface area contributed by atoms with Crippen LogP contribution in [0.25, 0.3) is 0 Å². The van der Waals surface area contributed by atoms with E-state index in [-0.39, 0.29) is 12.1 Å². The molecular weight excluding hydrogens is 240 g/mol. The quantitative estimate of drug-likeness (QED) is 0.853. The Kier molecular flexibility index (Phi) is 4.32. The maximum absolute atomic E-state index is 9.37. The molecule has 1 aliphatic rings. The zero-order valence-electron chi connectivity index (χ0n) is 12.0. The summed E-state index contributed by atoms with van der Waals surface area (Å²) in [5.74, 6) is 1.42. The minimum absolute atomic E-state index is 0.0689. The van der Waals surface area contributed by atoms with E-state index in [0.717, 1.165) is 36.4 Å². The molecule has 1 atom stereocenters. The highest BCUT2D eigenvalue weighted by Crippen LogP contribution is 2.35. The molecule has 1 aromatic rings. The van der Waals surface area contributed by atoms with Gasteiger partial charge in [0.15, 0.2) is 0 Å². The monoisotopic (exact) mass is 264 g/mol. The number of methoxy groups -OCH3 is 1. The number of anilines is 1. The summed E-state index contributed by atoms with van der Waals surface area (Å²) >= 11 is 0. The summed E-state index contributed by atoms with van der Waals surface area (Å²) in [6, 6.07) is 5.95. The van der Waals surface area contributed by atoms with Gasteiger partial charge < -0.3 is 20.5 Å². The molecular formula is C15H24N2O2. The van der Waals surface area contributed by atoms with E-state index in [4.69, 9.17) is 10.5 Å². The highest BCUT2D eigenvalue weighted by molar-refractivity contribution is 5.60. The molecule has 3 N–H and O–H groups in total. The van der Waals surface area contributed by atoms with Gasteiger partial charge in [0.1, 0.15) is 5.75 Å². The van der Waals surface area contributed by atoms with Crippen molar-refractivity contribution in [2.75, 3.05) is 25.6 Å². The lowest BCUT2D eigenvalue weighted by molar-refractivity contribution is 0.0464. The molecule has 0 aromatic heterocycles. The van der Waals surface area contributed by atoms with Crippen molar-refractivity contribution in [3.05, 3.63) is 23.8 Å². The van der Waals surface area contributed by atoms with Gasteiger partial charge in [0.2, 0.25) is 0 Å². The molecule has 0 bridgehead atoms. The van der Waals surface area contributed by atoms with Crippen LogP contribution in [-0.4, -0.2) is 31.9 Å². The van der Waals surface area contributed by atoms with E-state index in [1.165, 1.54) is 0 Å². The van der Waals surface area contributed by atoms with E-state index < -0.39 is 0 Å². The first-order valence-corrected chi connectivity index (χ1v) is 6.84. The SMILES string of the molecule is COc1cccc(N(C)CC2CC(O)C2)c1[C@@H](C)N. The molecule has 0 unspecified atom stereocenters. The maximum Gasteiger partial charge on any atom is 0.125 e. The molecule has 19 heavy (non-hydrogen) atoms. The maximum atomic E-state index is 9.37. The molecule has 1 aliphatic carbocycles. The topological polar surface area (TPSA) is 58.7 Å². The summed E-state index contributed by atoms with van der Waals surface area (Å²) in [5.41, 5.74) is 8.25. The number of nitrogens with zero attached hydrogens (tertiary/aromatic N) is 1. The molecule has 1 fully saturated rings. The third kappa shape index (κ3) is 3.01. The van der Waals surface area contributed by atoms with Crippen LogP contribution in [0.3, 0.4) is 0 Å². The van der Waals surface area contributed by atoms with Crippen LogP contribution in [0.5, 0.6) is 5.75 Å². The molecule has 0 radical (unpaired) electrons. The number of hydrogen-bond donors (Lipinski definition) is 2. The van der Waals surface area contributed by atoms with Gasteiger partial charge in [-0.1, -0.05) is 6.07 Å². The lowest BCUT2D eigenvalue weighted by Crippen LogP contribution is -2.37. The van der Waals surface area contributed by atoms with Crippen molar-refractivity contribution < 1.29 is 9.84 Å². The smallest absolute Gasteiger partial charge is 0.125 e. The minimum Gasteiger partial charge on any atom is -0.496 e. The van der Waals surface area contributed by atoms with Gasteiger partial charge in [-0.15, -0.1) is 0 Å². The largest absolute Gasteiger partial charge is 0.496 e. The third-order valence-electron chi connectivity index (χ3n) is 3.87. The Morgan fingerprint density at radius 1 is 1.47 bits per heavy atom. The summed E-state index contributed by atoms with van der Waals surface area (Å²) in [5, 5.41) is 9.37. The van der Waals surface area contributed by atoms with Crippen molar-refractivity contribution in [2.45, 2.75) is 31.9 Å². The normalized spacial score (nSPS) is 23.6. The van der Waals surface area contributed by atoms with Gasteiger partial charge in [0.25, 0.3) is 0 Å². The van der Waals surface area contributed by atoms with E-state index in [1.807, 2.05) is 19.1 Å². The van der Waals surface area contributed by atoms with Crippen molar-refractivity contribution in [1.82, 2.24) is 0 Å². The second-order valence-corrected chi connectivity index (χ2v) is 5.55. The number of aliphatic hydroxyl groups excluding tert-OH is 1. The molecule has 0 amide bonds. The first-order chi connectivity index (χ1) is 9.02. The average Bonchev–Trinajstić information content (AvgIpc) is 2.35. The van der Waals surface area contributed by atoms with E-state index in [2.05, 4.69) is 18.0 Å². The summed E-state index contributed by atoms with van der Waals surface area (Å²) in [6.07, 6.45) is 1.71. The molecule has 2 rings (SSSR count). The van der Waals surface area contributed by atoms with Crippen LogP contribution in [-0.2, 0) is 0 Å². The van der Waals surface area contributed by atoms with Crippen molar-refractivity contribution in [1.29, 1.82) is 0 Å². The number of benzene rings is 1.